The number of benzene rings is 5. The van der Waals surface area contributed by atoms with Gasteiger partial charge in [0.25, 0.3) is 0 Å². The van der Waals surface area contributed by atoms with Crippen LogP contribution in [0.15, 0.2) is 90.1 Å². The van der Waals surface area contributed by atoms with Crippen LogP contribution in [0.4, 0.5) is 5.69 Å². The molecular weight excluding hydrogens is 853 g/mol. The summed E-state index contributed by atoms with van der Waals surface area (Å²) in [5.41, 5.74) is 19.4. The van der Waals surface area contributed by atoms with Gasteiger partial charge in [-0.15, -0.1) is 0 Å². The Balaban J connectivity index is 1.29. The second-order valence-electron chi connectivity index (χ2n) is 25.7. The molecule has 0 fully saturated rings. The second kappa shape index (κ2) is 17.0. The Kier molecular flexibility index (Phi) is 12.0. The van der Waals surface area contributed by atoms with Crippen LogP contribution in [-0.2, 0) is 21.7 Å². The Morgan fingerprint density at radius 1 is 0.629 bits per heavy atom. The van der Waals surface area contributed by atoms with Gasteiger partial charge in [0.2, 0.25) is 0 Å². The van der Waals surface area contributed by atoms with Crippen molar-refractivity contribution in [1.29, 1.82) is 0 Å². The van der Waals surface area contributed by atoms with Crippen LogP contribution in [0.3, 0.4) is 0 Å². The van der Waals surface area contributed by atoms with Gasteiger partial charge in [-0.05, 0) is 173 Å². The van der Waals surface area contributed by atoms with Crippen molar-refractivity contribution < 1.29 is 4.74 Å². The predicted molar refractivity (Wildman–Crippen MR) is 300 cm³/mol. The topological polar surface area (TPSA) is 42.6 Å². The van der Waals surface area contributed by atoms with Gasteiger partial charge in [-0.2, -0.15) is 0 Å². The van der Waals surface area contributed by atoms with Gasteiger partial charge < -0.3 is 9.64 Å². The number of amidine groups is 1. The SMILES string of the molecule is Cc1cc(C)c(-c2cc(Oc3cc4c(cc3C)c3cc(C(C)(C)C)cc5c3n4-c3nccc(C)c3C5(C)C)cc(C3=N[C@H](C(C(C)C)C(C)C)CN3c3cc(C(C)(C)C)cc(C(C)(C)C)c3)c2)c(C)c1. The van der Waals surface area contributed by atoms with Crippen LogP contribution in [0.1, 0.15) is 165 Å². The van der Waals surface area contributed by atoms with Crippen molar-refractivity contribution in [2.75, 3.05) is 11.4 Å². The Hall–Kier alpha value is -5.68. The molecule has 0 radical (unpaired) electrons. The number of aryl methyl sites for hydroxylation is 5. The number of aliphatic imine (C=N–C) groups is 1. The van der Waals surface area contributed by atoms with Crippen molar-refractivity contribution in [3.8, 4) is 28.4 Å². The maximum Gasteiger partial charge on any atom is 0.141 e. The van der Waals surface area contributed by atoms with E-state index < -0.39 is 0 Å². The third kappa shape index (κ3) is 8.47. The molecule has 0 aliphatic carbocycles. The van der Waals surface area contributed by atoms with Crippen molar-refractivity contribution in [3.63, 3.8) is 0 Å². The number of hydrogen-bond acceptors (Lipinski definition) is 4. The number of hydrogen-bond donors (Lipinski definition) is 0. The predicted octanol–water partition coefficient (Wildman–Crippen LogP) is 17.3. The highest BCUT2D eigenvalue weighted by atomic mass is 16.5. The van der Waals surface area contributed by atoms with E-state index in [0.29, 0.717) is 17.8 Å². The number of rotatable bonds is 8. The van der Waals surface area contributed by atoms with E-state index in [4.69, 9.17) is 14.7 Å². The molecule has 1 atom stereocenters. The fraction of sp³-hybridized carbons (Fsp3) is 0.446. The fourth-order valence-corrected chi connectivity index (χ4v) is 12.3. The molecule has 0 saturated heterocycles. The van der Waals surface area contributed by atoms with Crippen LogP contribution in [-0.4, -0.2) is 28.0 Å². The zero-order valence-corrected chi connectivity index (χ0v) is 46.3. The second-order valence-corrected chi connectivity index (χ2v) is 25.7. The Labute approximate surface area is 420 Å². The van der Waals surface area contributed by atoms with Crippen molar-refractivity contribution in [3.05, 3.63) is 146 Å². The van der Waals surface area contributed by atoms with Crippen molar-refractivity contribution in [2.45, 2.75) is 166 Å². The minimum Gasteiger partial charge on any atom is -0.457 e. The number of aromatic nitrogens is 2. The van der Waals surface area contributed by atoms with Gasteiger partial charge in [0.15, 0.2) is 0 Å². The molecule has 0 bridgehead atoms. The van der Waals surface area contributed by atoms with E-state index in [1.54, 1.807) is 0 Å². The molecule has 9 rings (SSSR count). The molecule has 5 heteroatoms. The van der Waals surface area contributed by atoms with E-state index in [0.717, 1.165) is 51.9 Å². The average Bonchev–Trinajstić information content (AvgIpc) is 3.80. The minimum absolute atomic E-state index is 0.0254. The van der Waals surface area contributed by atoms with Gasteiger partial charge >= 0.3 is 0 Å². The zero-order chi connectivity index (χ0) is 50.9. The van der Waals surface area contributed by atoms with Crippen LogP contribution >= 0.6 is 0 Å². The van der Waals surface area contributed by atoms with Gasteiger partial charge in [0.1, 0.15) is 23.2 Å². The number of ether oxygens (including phenoxy) is 1. The van der Waals surface area contributed by atoms with Crippen molar-refractivity contribution >= 4 is 33.3 Å². The third-order valence-corrected chi connectivity index (χ3v) is 15.9. The molecular formula is C65H80N4O. The van der Waals surface area contributed by atoms with Crippen LogP contribution in [0.2, 0.25) is 0 Å². The van der Waals surface area contributed by atoms with E-state index in [-0.39, 0.29) is 27.7 Å². The summed E-state index contributed by atoms with van der Waals surface area (Å²) in [7, 11) is 0. The quantitative estimate of drug-likeness (QED) is 0.152. The van der Waals surface area contributed by atoms with Crippen LogP contribution in [0.5, 0.6) is 11.5 Å². The Morgan fingerprint density at radius 2 is 1.21 bits per heavy atom. The maximum atomic E-state index is 7.37. The van der Waals surface area contributed by atoms with Gasteiger partial charge in [-0.1, -0.05) is 134 Å². The van der Waals surface area contributed by atoms with E-state index in [1.165, 1.54) is 77.6 Å². The maximum absolute atomic E-state index is 7.37. The van der Waals surface area contributed by atoms with E-state index in [1.807, 2.05) is 6.20 Å². The largest absolute Gasteiger partial charge is 0.457 e. The van der Waals surface area contributed by atoms with E-state index >= 15 is 0 Å². The lowest BCUT2D eigenvalue weighted by atomic mass is 9.72. The Bertz CT molecular complexity index is 3200. The fourth-order valence-electron chi connectivity index (χ4n) is 12.3. The highest BCUT2D eigenvalue weighted by molar-refractivity contribution is 6.13. The Morgan fingerprint density at radius 3 is 1.80 bits per heavy atom. The van der Waals surface area contributed by atoms with Gasteiger partial charge in [0, 0.05) is 51.8 Å². The first-order valence-corrected chi connectivity index (χ1v) is 26.1. The normalized spacial score (nSPS) is 16.1. The lowest BCUT2D eigenvalue weighted by Crippen LogP contribution is -2.35. The number of fused-ring (bicyclic) bond motifs is 5. The first-order chi connectivity index (χ1) is 32.5. The lowest BCUT2D eigenvalue weighted by Gasteiger charge is -2.36. The summed E-state index contributed by atoms with van der Waals surface area (Å²) in [5, 5.41) is 2.49. The molecule has 2 aromatic heterocycles. The molecule has 0 spiro atoms. The molecule has 7 aromatic rings. The van der Waals surface area contributed by atoms with Crippen LogP contribution < -0.4 is 9.64 Å². The van der Waals surface area contributed by atoms with Crippen LogP contribution in [0, 0.1) is 52.4 Å². The molecule has 0 amide bonds. The summed E-state index contributed by atoms with van der Waals surface area (Å²) < 4.78 is 9.80. The summed E-state index contributed by atoms with van der Waals surface area (Å²) in [4.78, 5) is 13.6. The van der Waals surface area contributed by atoms with Gasteiger partial charge in [-0.25, -0.2) is 4.98 Å². The third-order valence-electron chi connectivity index (χ3n) is 15.9. The highest BCUT2D eigenvalue weighted by Gasteiger charge is 2.40. The number of anilines is 1. The summed E-state index contributed by atoms with van der Waals surface area (Å²) in [6.07, 6.45) is 1.97. The first-order valence-electron chi connectivity index (χ1n) is 26.1. The summed E-state index contributed by atoms with van der Waals surface area (Å²) in [6.45, 7) is 47.1. The molecule has 4 heterocycles. The van der Waals surface area contributed by atoms with Crippen LogP contribution in [0.25, 0.3) is 38.8 Å². The van der Waals surface area contributed by atoms with E-state index in [9.17, 15) is 0 Å². The smallest absolute Gasteiger partial charge is 0.141 e. The number of pyridine rings is 1. The molecule has 5 nitrogen and oxygen atoms in total. The first kappa shape index (κ1) is 49.3. The standard InChI is InChI=1S/C65H80N4O/c1-36(2)56(37(3)4)53-35-68(48-30-45(62(10,11)12)29-46(31-48)63(13,14)15)60(67-53)44-26-43(57-41(8)23-38(5)24-42(57)9)27-49(28-44)70-55-34-54-50(25-40(55)7)51-32-47(64(16,17)18)33-52-59(51)69(54)61-58(65(52,19)20)39(6)21-22-66-61/h21-34,36-37,53,56H,35H2,1-20H3/t53-/m0/s1. The molecule has 2 aliphatic heterocycles. The summed E-state index contributed by atoms with van der Waals surface area (Å²) in [5.74, 6) is 5.01. The van der Waals surface area contributed by atoms with Gasteiger partial charge in [-0.3, -0.25) is 9.56 Å². The molecule has 70 heavy (non-hydrogen) atoms. The van der Waals surface area contributed by atoms with Gasteiger partial charge in [0.05, 0.1) is 17.1 Å². The number of nitrogens with zero attached hydrogens (tertiary/aromatic N) is 4. The lowest BCUT2D eigenvalue weighted by molar-refractivity contribution is 0.247. The molecule has 0 N–H and O–H groups in total. The zero-order valence-electron chi connectivity index (χ0n) is 46.3. The van der Waals surface area contributed by atoms with Crippen molar-refractivity contribution in [1.82, 2.24) is 9.55 Å². The average molecular weight is 933 g/mol. The molecule has 0 saturated carbocycles. The minimum atomic E-state index is -0.238. The molecule has 366 valence electrons. The molecule has 2 aliphatic rings. The van der Waals surface area contributed by atoms with Crippen molar-refractivity contribution in [2.24, 2.45) is 22.7 Å². The highest BCUT2D eigenvalue weighted by Crippen LogP contribution is 2.51. The summed E-state index contributed by atoms with van der Waals surface area (Å²) in [6, 6.07) is 30.6. The summed E-state index contributed by atoms with van der Waals surface area (Å²) >= 11 is 0. The monoisotopic (exact) mass is 933 g/mol. The van der Waals surface area contributed by atoms with E-state index in [2.05, 4.69) is 227 Å². The molecule has 0 unspecified atom stereocenters. The molecule has 5 aromatic carbocycles.